The van der Waals surface area contributed by atoms with Gasteiger partial charge in [-0.25, -0.2) is 4.98 Å². The molecule has 2 aliphatic rings. The number of nitrogens with one attached hydrogen (secondary N) is 2. The number of halogens is 4. The minimum Gasteiger partial charge on any atom is -0.355 e. The van der Waals surface area contributed by atoms with Gasteiger partial charge in [-0.1, -0.05) is 11.6 Å². The topological polar surface area (TPSA) is 57.3 Å². The second-order valence-electron chi connectivity index (χ2n) is 6.49. The van der Waals surface area contributed by atoms with Crippen molar-refractivity contribution in [1.29, 1.82) is 0 Å². The molecule has 0 bridgehead atoms. The first-order valence-electron chi connectivity index (χ1n) is 8.33. The van der Waals surface area contributed by atoms with Gasteiger partial charge in [0.25, 0.3) is 0 Å². The minimum atomic E-state index is -4.46. The zero-order valence-corrected chi connectivity index (χ0v) is 14.3. The average Bonchev–Trinajstić information content (AvgIpc) is 3.07. The third kappa shape index (κ3) is 4.36. The lowest BCUT2D eigenvalue weighted by molar-refractivity contribution is -0.137. The normalized spacial score (nSPS) is 22.2. The van der Waals surface area contributed by atoms with Gasteiger partial charge in [0.15, 0.2) is 0 Å². The van der Waals surface area contributed by atoms with E-state index < -0.39 is 11.7 Å². The van der Waals surface area contributed by atoms with Gasteiger partial charge in [0, 0.05) is 37.8 Å². The molecular weight excluding hydrogens is 357 g/mol. The number of alkyl halides is 3. The molecule has 0 aromatic carbocycles. The van der Waals surface area contributed by atoms with Crippen LogP contribution in [0.15, 0.2) is 12.3 Å². The lowest BCUT2D eigenvalue weighted by Crippen LogP contribution is -2.44. The molecule has 3 rings (SSSR count). The van der Waals surface area contributed by atoms with E-state index in [9.17, 15) is 18.0 Å². The summed E-state index contributed by atoms with van der Waals surface area (Å²) in [5.74, 6) is 0.318. The van der Waals surface area contributed by atoms with Crippen molar-refractivity contribution in [2.75, 3.05) is 31.1 Å². The van der Waals surface area contributed by atoms with Crippen LogP contribution in [-0.2, 0) is 11.0 Å². The van der Waals surface area contributed by atoms with Crippen molar-refractivity contribution >= 4 is 23.3 Å². The largest absolute Gasteiger partial charge is 0.417 e. The fourth-order valence-electron chi connectivity index (χ4n) is 3.27. The molecule has 1 aromatic heterocycles. The first-order valence-corrected chi connectivity index (χ1v) is 8.71. The van der Waals surface area contributed by atoms with E-state index in [1.54, 1.807) is 0 Å². The Morgan fingerprint density at radius 1 is 1.32 bits per heavy atom. The second kappa shape index (κ2) is 7.37. The molecule has 0 radical (unpaired) electrons. The molecule has 9 heteroatoms. The Kier molecular flexibility index (Phi) is 5.38. The lowest BCUT2D eigenvalue weighted by atomic mass is 9.95. The van der Waals surface area contributed by atoms with Crippen LogP contribution in [0, 0.1) is 5.92 Å². The quantitative estimate of drug-likeness (QED) is 0.850. The van der Waals surface area contributed by atoms with Gasteiger partial charge in [0.05, 0.1) is 10.6 Å². The molecule has 1 unspecified atom stereocenters. The van der Waals surface area contributed by atoms with Crippen LogP contribution in [0.3, 0.4) is 0 Å². The van der Waals surface area contributed by atoms with E-state index in [0.717, 1.165) is 31.8 Å². The molecule has 0 spiro atoms. The highest BCUT2D eigenvalue weighted by atomic mass is 35.5. The van der Waals surface area contributed by atoms with Crippen LogP contribution in [0.25, 0.3) is 0 Å². The number of amides is 1. The average molecular weight is 377 g/mol. The van der Waals surface area contributed by atoms with Crippen LogP contribution in [0.5, 0.6) is 0 Å². The highest BCUT2D eigenvalue weighted by molar-refractivity contribution is 6.33. The van der Waals surface area contributed by atoms with Gasteiger partial charge in [-0.2, -0.15) is 13.2 Å². The molecule has 25 heavy (non-hydrogen) atoms. The Morgan fingerprint density at radius 3 is 2.60 bits per heavy atom. The van der Waals surface area contributed by atoms with E-state index >= 15 is 0 Å². The van der Waals surface area contributed by atoms with E-state index in [4.69, 9.17) is 11.6 Å². The number of nitrogens with zero attached hydrogens (tertiary/aromatic N) is 2. The van der Waals surface area contributed by atoms with Crippen molar-refractivity contribution in [3.05, 3.63) is 22.8 Å². The Bertz CT molecular complexity index is 626. The SMILES string of the molecule is O=C(NC1CCNC1)C1CCN(c2ncc(C(F)(F)F)cc2Cl)CC1. The van der Waals surface area contributed by atoms with Crippen LogP contribution >= 0.6 is 11.6 Å². The van der Waals surface area contributed by atoms with Gasteiger partial charge < -0.3 is 15.5 Å². The number of carbonyl (C=O) groups excluding carboxylic acids is 1. The van der Waals surface area contributed by atoms with Crippen molar-refractivity contribution in [2.24, 2.45) is 5.92 Å². The van der Waals surface area contributed by atoms with Crippen molar-refractivity contribution in [3.63, 3.8) is 0 Å². The van der Waals surface area contributed by atoms with E-state index in [2.05, 4.69) is 15.6 Å². The number of rotatable bonds is 3. The Labute approximate surface area is 148 Å². The van der Waals surface area contributed by atoms with Crippen molar-refractivity contribution in [3.8, 4) is 0 Å². The zero-order valence-electron chi connectivity index (χ0n) is 13.6. The summed E-state index contributed by atoms with van der Waals surface area (Å²) in [7, 11) is 0. The summed E-state index contributed by atoms with van der Waals surface area (Å²) in [6.45, 7) is 2.80. The number of anilines is 1. The smallest absolute Gasteiger partial charge is 0.355 e. The summed E-state index contributed by atoms with van der Waals surface area (Å²) in [6, 6.07) is 1.09. The molecule has 2 saturated heterocycles. The molecule has 0 aliphatic carbocycles. The maximum absolute atomic E-state index is 12.7. The number of hydrogen-bond acceptors (Lipinski definition) is 4. The molecular formula is C16H20ClF3N4O. The maximum Gasteiger partial charge on any atom is 0.417 e. The van der Waals surface area contributed by atoms with Gasteiger partial charge in [-0.05, 0) is 31.9 Å². The van der Waals surface area contributed by atoms with Crippen LogP contribution < -0.4 is 15.5 Å². The number of piperidine rings is 1. The molecule has 1 atom stereocenters. The number of hydrogen-bond donors (Lipinski definition) is 2. The van der Waals surface area contributed by atoms with Crippen molar-refractivity contribution in [2.45, 2.75) is 31.5 Å². The van der Waals surface area contributed by atoms with Crippen LogP contribution in [0.1, 0.15) is 24.8 Å². The third-order valence-corrected chi connectivity index (χ3v) is 5.00. The highest BCUT2D eigenvalue weighted by Gasteiger charge is 2.33. The van der Waals surface area contributed by atoms with Gasteiger partial charge in [-0.3, -0.25) is 4.79 Å². The first-order chi connectivity index (χ1) is 11.8. The van der Waals surface area contributed by atoms with Crippen molar-refractivity contribution in [1.82, 2.24) is 15.6 Å². The van der Waals surface area contributed by atoms with E-state index in [1.807, 2.05) is 4.90 Å². The van der Waals surface area contributed by atoms with Gasteiger partial charge in [0.2, 0.25) is 5.91 Å². The highest BCUT2D eigenvalue weighted by Crippen LogP contribution is 2.34. The van der Waals surface area contributed by atoms with Gasteiger partial charge in [0.1, 0.15) is 5.82 Å². The number of pyridine rings is 1. The molecule has 5 nitrogen and oxygen atoms in total. The van der Waals surface area contributed by atoms with Crippen molar-refractivity contribution < 1.29 is 18.0 Å². The predicted octanol–water partition coefficient (Wildman–Crippen LogP) is 2.45. The minimum absolute atomic E-state index is 0.0187. The van der Waals surface area contributed by atoms with Gasteiger partial charge in [-0.15, -0.1) is 0 Å². The van der Waals surface area contributed by atoms with Crippen LogP contribution in [0.4, 0.5) is 19.0 Å². The molecule has 3 heterocycles. The number of carbonyl (C=O) groups is 1. The van der Waals surface area contributed by atoms with E-state index in [0.29, 0.717) is 31.7 Å². The summed E-state index contributed by atoms with van der Waals surface area (Å²) in [6.07, 6.45) is -1.46. The summed E-state index contributed by atoms with van der Waals surface area (Å²) >= 11 is 5.99. The summed E-state index contributed by atoms with van der Waals surface area (Å²) < 4.78 is 38.1. The summed E-state index contributed by atoms with van der Waals surface area (Å²) in [5.41, 5.74) is -0.860. The maximum atomic E-state index is 12.7. The fraction of sp³-hybridized carbons (Fsp3) is 0.625. The lowest BCUT2D eigenvalue weighted by Gasteiger charge is -2.33. The molecule has 2 fully saturated rings. The van der Waals surface area contributed by atoms with Crippen LogP contribution in [0.2, 0.25) is 5.02 Å². The Morgan fingerprint density at radius 2 is 2.04 bits per heavy atom. The molecule has 0 saturated carbocycles. The predicted molar refractivity (Wildman–Crippen MR) is 88.6 cm³/mol. The molecule has 2 N–H and O–H groups in total. The standard InChI is InChI=1S/C16H20ClF3N4O/c17-13-7-11(16(18,19)20)8-22-14(13)24-5-2-10(3-6-24)15(25)23-12-1-4-21-9-12/h7-8,10,12,21H,1-6,9H2,(H,23,25). The van der Waals surface area contributed by atoms with Gasteiger partial charge >= 0.3 is 6.18 Å². The molecule has 2 aliphatic heterocycles. The molecule has 138 valence electrons. The van der Waals surface area contributed by atoms with E-state index in [-0.39, 0.29) is 22.9 Å². The monoisotopic (exact) mass is 376 g/mol. The summed E-state index contributed by atoms with van der Waals surface area (Å²) in [4.78, 5) is 18.0. The van der Waals surface area contributed by atoms with Crippen LogP contribution in [-0.4, -0.2) is 43.1 Å². The third-order valence-electron chi connectivity index (χ3n) is 4.72. The first kappa shape index (κ1) is 18.3. The molecule has 1 aromatic rings. The Balaban J connectivity index is 1.57. The fourth-order valence-corrected chi connectivity index (χ4v) is 3.55. The Hall–Kier alpha value is -1.54. The zero-order chi connectivity index (χ0) is 18.0. The second-order valence-corrected chi connectivity index (χ2v) is 6.89. The summed E-state index contributed by atoms with van der Waals surface area (Å²) in [5, 5.41) is 6.24. The molecule has 1 amide bonds. The number of aromatic nitrogens is 1. The van der Waals surface area contributed by atoms with E-state index in [1.165, 1.54) is 0 Å².